The summed E-state index contributed by atoms with van der Waals surface area (Å²) in [5.41, 5.74) is 1.48. The first-order chi connectivity index (χ1) is 9.79. The molecule has 0 amide bonds. The minimum absolute atomic E-state index is 0.0622. The second-order valence-corrected chi connectivity index (χ2v) is 5.49. The van der Waals surface area contributed by atoms with E-state index in [9.17, 15) is 4.79 Å². The Hall–Kier alpha value is -1.95. The topological polar surface area (TPSA) is 56.2 Å². The summed E-state index contributed by atoms with van der Waals surface area (Å²) in [6.45, 7) is 1.27. The molecule has 0 saturated heterocycles. The van der Waals surface area contributed by atoms with E-state index in [0.717, 1.165) is 16.5 Å². The predicted molar refractivity (Wildman–Crippen MR) is 79.5 cm³/mol. The Morgan fingerprint density at radius 2 is 2.20 bits per heavy atom. The van der Waals surface area contributed by atoms with E-state index >= 15 is 0 Å². The van der Waals surface area contributed by atoms with Crippen molar-refractivity contribution in [1.29, 1.82) is 0 Å². The zero-order chi connectivity index (χ0) is 13.9. The number of hydrogen-bond acceptors (Lipinski definition) is 5. The van der Waals surface area contributed by atoms with E-state index in [0.29, 0.717) is 24.7 Å². The third-order valence-electron chi connectivity index (χ3n) is 3.15. The molecule has 0 radical (unpaired) electrons. The van der Waals surface area contributed by atoms with Gasteiger partial charge in [0, 0.05) is 18.8 Å². The Bertz CT molecular complexity index is 670. The highest BCUT2D eigenvalue weighted by Crippen LogP contribution is 2.27. The number of fused-ring (bicyclic) bond motifs is 1. The van der Waals surface area contributed by atoms with E-state index < -0.39 is 0 Å². The van der Waals surface area contributed by atoms with Gasteiger partial charge in [0.2, 0.25) is 5.88 Å². The van der Waals surface area contributed by atoms with E-state index in [1.54, 1.807) is 16.3 Å². The molecule has 104 valence electrons. The van der Waals surface area contributed by atoms with Gasteiger partial charge in [0.05, 0.1) is 7.11 Å². The number of nitrogens with one attached hydrogen (secondary N) is 1. The summed E-state index contributed by atoms with van der Waals surface area (Å²) in [6, 6.07) is 9.92. The van der Waals surface area contributed by atoms with Gasteiger partial charge in [-0.05, 0) is 5.56 Å². The summed E-state index contributed by atoms with van der Waals surface area (Å²) in [6.07, 6.45) is 0. The summed E-state index contributed by atoms with van der Waals surface area (Å²) in [4.78, 5) is 16.8. The summed E-state index contributed by atoms with van der Waals surface area (Å²) in [5.74, 6) is 1.25. The first-order valence-electron chi connectivity index (χ1n) is 6.39. The van der Waals surface area contributed by atoms with E-state index in [1.165, 1.54) is 7.11 Å². The van der Waals surface area contributed by atoms with Crippen LogP contribution in [0.25, 0.3) is 0 Å². The highest BCUT2D eigenvalue weighted by molar-refractivity contribution is 7.99. The molecule has 20 heavy (non-hydrogen) atoms. The number of benzene rings is 1. The molecule has 1 aromatic carbocycles. The van der Waals surface area contributed by atoms with Crippen LogP contribution in [0.15, 0.2) is 40.3 Å². The van der Waals surface area contributed by atoms with E-state index in [2.05, 4.69) is 10.3 Å². The van der Waals surface area contributed by atoms with Gasteiger partial charge in [0.15, 0.2) is 10.8 Å². The molecule has 0 saturated carbocycles. The molecule has 1 N–H and O–H groups in total. The Labute approximate surface area is 121 Å². The minimum atomic E-state index is -0.0622. The molecular weight excluding hydrogens is 274 g/mol. The van der Waals surface area contributed by atoms with Gasteiger partial charge in [-0.1, -0.05) is 42.1 Å². The lowest BCUT2D eigenvalue weighted by molar-refractivity contribution is 0.389. The lowest BCUT2D eigenvalue weighted by Crippen LogP contribution is -2.24. The van der Waals surface area contributed by atoms with Crippen LogP contribution in [-0.2, 0) is 13.1 Å². The van der Waals surface area contributed by atoms with Crippen LogP contribution < -0.4 is 15.6 Å². The molecule has 0 unspecified atom stereocenters. The number of methoxy groups -OCH3 is 1. The lowest BCUT2D eigenvalue weighted by Gasteiger charge is -2.12. The fourth-order valence-corrected chi connectivity index (χ4v) is 3.07. The van der Waals surface area contributed by atoms with Crippen LogP contribution in [-0.4, -0.2) is 22.4 Å². The molecule has 1 aliphatic heterocycles. The monoisotopic (exact) mass is 289 g/mol. The van der Waals surface area contributed by atoms with Gasteiger partial charge in [-0.3, -0.25) is 9.36 Å². The largest absolute Gasteiger partial charge is 0.479 e. The Balaban J connectivity index is 1.91. The lowest BCUT2D eigenvalue weighted by atomic mass is 10.2. The minimum Gasteiger partial charge on any atom is -0.479 e. The SMILES string of the molecule is COc1nc2n(c(=O)c1NCc1ccccc1)CCS2. The average molecular weight is 289 g/mol. The quantitative estimate of drug-likeness (QED) is 0.872. The third kappa shape index (κ3) is 2.38. The van der Waals surface area contributed by atoms with Crippen LogP contribution in [0.5, 0.6) is 5.88 Å². The van der Waals surface area contributed by atoms with Crippen molar-refractivity contribution in [3.63, 3.8) is 0 Å². The van der Waals surface area contributed by atoms with Crippen LogP contribution in [0, 0.1) is 0 Å². The smallest absolute Gasteiger partial charge is 0.281 e. The van der Waals surface area contributed by atoms with Gasteiger partial charge < -0.3 is 10.1 Å². The van der Waals surface area contributed by atoms with Crippen molar-refractivity contribution < 1.29 is 4.74 Å². The number of hydrogen-bond donors (Lipinski definition) is 1. The molecule has 3 rings (SSSR count). The van der Waals surface area contributed by atoms with E-state index in [4.69, 9.17) is 4.74 Å². The molecule has 5 nitrogen and oxygen atoms in total. The molecule has 1 aliphatic rings. The fourth-order valence-electron chi connectivity index (χ4n) is 2.14. The average Bonchev–Trinajstić information content (AvgIpc) is 2.95. The summed E-state index contributed by atoms with van der Waals surface area (Å²) in [7, 11) is 1.53. The highest BCUT2D eigenvalue weighted by atomic mass is 32.2. The molecular formula is C14H15N3O2S. The van der Waals surface area contributed by atoms with Gasteiger partial charge in [-0.15, -0.1) is 0 Å². The maximum absolute atomic E-state index is 12.4. The Kier molecular flexibility index (Phi) is 3.64. The maximum atomic E-state index is 12.4. The summed E-state index contributed by atoms with van der Waals surface area (Å²) < 4.78 is 6.93. The van der Waals surface area contributed by atoms with Crippen molar-refractivity contribution in [2.75, 3.05) is 18.2 Å². The van der Waals surface area contributed by atoms with Crippen LogP contribution in [0.3, 0.4) is 0 Å². The zero-order valence-corrected chi connectivity index (χ0v) is 11.9. The molecule has 0 spiro atoms. The normalized spacial score (nSPS) is 13.1. The number of aromatic nitrogens is 2. The predicted octanol–water partition coefficient (Wildman–Crippen LogP) is 1.97. The molecule has 0 bridgehead atoms. The van der Waals surface area contributed by atoms with Crippen molar-refractivity contribution in [3.05, 3.63) is 46.2 Å². The Morgan fingerprint density at radius 3 is 2.95 bits per heavy atom. The van der Waals surface area contributed by atoms with Crippen LogP contribution in [0.2, 0.25) is 0 Å². The van der Waals surface area contributed by atoms with E-state index in [1.807, 2.05) is 30.3 Å². The molecule has 0 atom stereocenters. The fraction of sp³-hybridized carbons (Fsp3) is 0.286. The van der Waals surface area contributed by atoms with Crippen molar-refractivity contribution in [2.24, 2.45) is 0 Å². The molecule has 0 aliphatic carbocycles. The standard InChI is InChI=1S/C14H15N3O2S/c1-19-12-11(15-9-10-5-3-2-4-6-10)13(18)17-7-8-20-14(17)16-12/h2-6,15H,7-9H2,1H3. The molecule has 1 aromatic heterocycles. The molecule has 0 fully saturated rings. The van der Waals surface area contributed by atoms with Crippen molar-refractivity contribution in [2.45, 2.75) is 18.2 Å². The highest BCUT2D eigenvalue weighted by Gasteiger charge is 2.21. The van der Waals surface area contributed by atoms with Crippen LogP contribution in [0.4, 0.5) is 5.69 Å². The van der Waals surface area contributed by atoms with Crippen molar-refractivity contribution in [1.82, 2.24) is 9.55 Å². The van der Waals surface area contributed by atoms with E-state index in [-0.39, 0.29) is 5.56 Å². The molecule has 2 heterocycles. The van der Waals surface area contributed by atoms with Gasteiger partial charge in [0.1, 0.15) is 0 Å². The second-order valence-electron chi connectivity index (χ2n) is 4.42. The van der Waals surface area contributed by atoms with Gasteiger partial charge in [-0.2, -0.15) is 4.98 Å². The maximum Gasteiger partial charge on any atom is 0.281 e. The zero-order valence-electron chi connectivity index (χ0n) is 11.1. The van der Waals surface area contributed by atoms with Crippen molar-refractivity contribution in [3.8, 4) is 5.88 Å². The number of ether oxygens (including phenoxy) is 1. The van der Waals surface area contributed by atoms with Crippen molar-refractivity contribution >= 4 is 17.4 Å². The van der Waals surface area contributed by atoms with Gasteiger partial charge >= 0.3 is 0 Å². The number of nitrogens with zero attached hydrogens (tertiary/aromatic N) is 2. The molecule has 6 heteroatoms. The molecule has 2 aromatic rings. The van der Waals surface area contributed by atoms with Crippen LogP contribution in [0.1, 0.15) is 5.56 Å². The number of anilines is 1. The van der Waals surface area contributed by atoms with Gasteiger partial charge in [-0.25, -0.2) is 0 Å². The summed E-state index contributed by atoms with van der Waals surface area (Å²) in [5, 5.41) is 3.88. The number of thioether (sulfide) groups is 1. The third-order valence-corrected chi connectivity index (χ3v) is 4.11. The second kappa shape index (κ2) is 5.58. The van der Waals surface area contributed by atoms with Gasteiger partial charge in [0.25, 0.3) is 5.56 Å². The number of rotatable bonds is 4. The van der Waals surface area contributed by atoms with Crippen LogP contribution >= 0.6 is 11.8 Å². The first-order valence-corrected chi connectivity index (χ1v) is 7.37. The first kappa shape index (κ1) is 13.1. The Morgan fingerprint density at radius 1 is 1.40 bits per heavy atom. The summed E-state index contributed by atoms with van der Waals surface area (Å²) >= 11 is 1.58.